The molecule has 3 aromatic carbocycles. The Morgan fingerprint density at radius 2 is 1.76 bits per heavy atom. The van der Waals surface area contributed by atoms with Crippen molar-refractivity contribution < 1.29 is 9.84 Å². The number of rotatable bonds is 3. The van der Waals surface area contributed by atoms with Gasteiger partial charge in [0.2, 0.25) is 0 Å². The van der Waals surface area contributed by atoms with Crippen molar-refractivity contribution in [3.8, 4) is 11.5 Å². The first-order valence-corrected chi connectivity index (χ1v) is 10.4. The molecule has 5 rings (SSSR count). The lowest BCUT2D eigenvalue weighted by Crippen LogP contribution is -2.39. The predicted octanol–water partition coefficient (Wildman–Crippen LogP) is 5.24. The molecule has 0 aromatic heterocycles. The van der Waals surface area contributed by atoms with Gasteiger partial charge in [-0.1, -0.05) is 42.5 Å². The van der Waals surface area contributed by atoms with Gasteiger partial charge in [-0.2, -0.15) is 0 Å². The minimum Gasteiger partial charge on any atom is -0.504 e. The van der Waals surface area contributed by atoms with E-state index in [1.54, 1.807) is 0 Å². The van der Waals surface area contributed by atoms with Crippen LogP contribution in [0, 0.1) is 13.8 Å². The third kappa shape index (κ3) is 3.40. The van der Waals surface area contributed by atoms with E-state index in [1.807, 2.05) is 42.5 Å². The third-order valence-electron chi connectivity index (χ3n) is 6.53. The van der Waals surface area contributed by atoms with Crippen molar-refractivity contribution in [2.45, 2.75) is 45.9 Å². The standard InChI is InChI=1S/C26H27NO2/c1-17-10-20-8-9-27-15-22-14-26(29-16-19-6-4-3-5-7-19)25(28)13-21(22)12-24(27)23(20)11-18(17)2/h3-7,10-11,13-14,24,28H,8-9,12,15-16H2,1-2H3/t24-/m1/s1. The molecule has 1 atom stereocenters. The molecule has 148 valence electrons. The first-order chi connectivity index (χ1) is 14.1. The number of ether oxygens (including phenoxy) is 1. The molecule has 0 radical (unpaired) electrons. The number of hydrogen-bond acceptors (Lipinski definition) is 3. The Hall–Kier alpha value is -2.78. The molecular weight excluding hydrogens is 358 g/mol. The van der Waals surface area contributed by atoms with Gasteiger partial charge in [0.05, 0.1) is 0 Å². The average molecular weight is 386 g/mol. The average Bonchev–Trinajstić information content (AvgIpc) is 2.73. The fraction of sp³-hybridized carbons (Fsp3) is 0.308. The van der Waals surface area contributed by atoms with Gasteiger partial charge < -0.3 is 9.84 Å². The quantitative estimate of drug-likeness (QED) is 0.669. The van der Waals surface area contributed by atoms with Crippen LogP contribution >= 0.6 is 0 Å². The van der Waals surface area contributed by atoms with E-state index in [1.165, 1.54) is 33.4 Å². The fourth-order valence-electron chi connectivity index (χ4n) is 4.74. The normalized spacial score (nSPS) is 17.9. The van der Waals surface area contributed by atoms with Crippen molar-refractivity contribution in [1.82, 2.24) is 4.90 Å². The summed E-state index contributed by atoms with van der Waals surface area (Å²) in [5.41, 5.74) is 9.31. The Bertz CT molecular complexity index is 1060. The van der Waals surface area contributed by atoms with E-state index >= 15 is 0 Å². The van der Waals surface area contributed by atoms with Gasteiger partial charge in [-0.05, 0) is 77.8 Å². The molecule has 3 aromatic rings. The Labute approximate surface area is 172 Å². The lowest BCUT2D eigenvalue weighted by atomic mass is 9.82. The Morgan fingerprint density at radius 1 is 0.966 bits per heavy atom. The molecular formula is C26H27NO2. The van der Waals surface area contributed by atoms with Crippen molar-refractivity contribution in [2.75, 3.05) is 6.54 Å². The van der Waals surface area contributed by atoms with Crippen molar-refractivity contribution in [3.63, 3.8) is 0 Å². The molecule has 0 fully saturated rings. The van der Waals surface area contributed by atoms with Crippen LogP contribution in [0.1, 0.15) is 45.0 Å². The number of nitrogens with zero attached hydrogens (tertiary/aromatic N) is 1. The Kier molecular flexibility index (Phi) is 4.56. The van der Waals surface area contributed by atoms with Gasteiger partial charge in [-0.15, -0.1) is 0 Å². The topological polar surface area (TPSA) is 32.7 Å². The lowest BCUT2D eigenvalue weighted by molar-refractivity contribution is 0.160. The number of aromatic hydroxyl groups is 1. The minimum atomic E-state index is 0.240. The molecule has 0 bridgehead atoms. The van der Waals surface area contributed by atoms with Crippen LogP contribution in [-0.2, 0) is 26.0 Å². The number of phenolic OH excluding ortho intramolecular Hbond substituents is 1. The van der Waals surface area contributed by atoms with E-state index in [2.05, 4.69) is 30.9 Å². The SMILES string of the molecule is Cc1cc2c(cc1C)[C@H]1Cc3cc(O)c(OCc4ccccc4)cc3CN1CC2. The van der Waals surface area contributed by atoms with E-state index < -0.39 is 0 Å². The van der Waals surface area contributed by atoms with Crippen molar-refractivity contribution >= 4 is 0 Å². The maximum atomic E-state index is 10.6. The summed E-state index contributed by atoms with van der Waals surface area (Å²) in [5, 5.41) is 10.6. The first-order valence-electron chi connectivity index (χ1n) is 10.4. The van der Waals surface area contributed by atoms with Crippen LogP contribution in [0.5, 0.6) is 11.5 Å². The van der Waals surface area contributed by atoms with Crippen LogP contribution in [0.25, 0.3) is 0 Å². The van der Waals surface area contributed by atoms with E-state index in [0.29, 0.717) is 18.4 Å². The molecule has 0 unspecified atom stereocenters. The monoisotopic (exact) mass is 385 g/mol. The van der Waals surface area contributed by atoms with Crippen LogP contribution < -0.4 is 4.74 Å². The Balaban J connectivity index is 1.42. The maximum Gasteiger partial charge on any atom is 0.161 e. The van der Waals surface area contributed by atoms with Crippen molar-refractivity contribution in [1.29, 1.82) is 0 Å². The Morgan fingerprint density at radius 3 is 2.59 bits per heavy atom. The summed E-state index contributed by atoms with van der Waals surface area (Å²) in [5.74, 6) is 0.819. The molecule has 2 aliphatic rings. The van der Waals surface area contributed by atoms with Gasteiger partial charge in [0.15, 0.2) is 11.5 Å². The summed E-state index contributed by atoms with van der Waals surface area (Å²) in [4.78, 5) is 2.58. The zero-order valence-corrected chi connectivity index (χ0v) is 17.1. The largest absolute Gasteiger partial charge is 0.504 e. The zero-order valence-electron chi connectivity index (χ0n) is 17.1. The van der Waals surface area contributed by atoms with Gasteiger partial charge in [-0.3, -0.25) is 4.90 Å². The number of benzene rings is 3. The maximum absolute atomic E-state index is 10.6. The molecule has 2 heterocycles. The van der Waals surface area contributed by atoms with Gasteiger partial charge >= 0.3 is 0 Å². The highest BCUT2D eigenvalue weighted by atomic mass is 16.5. The first kappa shape index (κ1) is 18.3. The molecule has 3 nitrogen and oxygen atoms in total. The molecule has 0 spiro atoms. The number of hydrogen-bond donors (Lipinski definition) is 1. The number of fused-ring (bicyclic) bond motifs is 4. The van der Waals surface area contributed by atoms with Crippen LogP contribution in [0.3, 0.4) is 0 Å². The van der Waals surface area contributed by atoms with E-state index in [4.69, 9.17) is 4.74 Å². The highest BCUT2D eigenvalue weighted by molar-refractivity contribution is 5.50. The van der Waals surface area contributed by atoms with E-state index in [0.717, 1.165) is 31.5 Å². The van der Waals surface area contributed by atoms with Crippen LogP contribution in [0.2, 0.25) is 0 Å². The summed E-state index contributed by atoms with van der Waals surface area (Å²) < 4.78 is 5.94. The smallest absolute Gasteiger partial charge is 0.161 e. The third-order valence-corrected chi connectivity index (χ3v) is 6.53. The van der Waals surface area contributed by atoms with Crippen LogP contribution in [-0.4, -0.2) is 16.6 Å². The molecule has 0 saturated heterocycles. The molecule has 0 saturated carbocycles. The van der Waals surface area contributed by atoms with Gasteiger partial charge in [0, 0.05) is 19.1 Å². The summed E-state index contributed by atoms with van der Waals surface area (Å²) in [6, 6.07) is 19.2. The highest BCUT2D eigenvalue weighted by Crippen LogP contribution is 2.42. The molecule has 0 aliphatic carbocycles. The molecule has 2 aliphatic heterocycles. The van der Waals surface area contributed by atoms with E-state index in [9.17, 15) is 5.11 Å². The highest BCUT2D eigenvalue weighted by Gasteiger charge is 2.33. The number of aryl methyl sites for hydroxylation is 2. The van der Waals surface area contributed by atoms with E-state index in [-0.39, 0.29) is 5.75 Å². The van der Waals surface area contributed by atoms with Crippen LogP contribution in [0.15, 0.2) is 54.6 Å². The second-order valence-corrected chi connectivity index (χ2v) is 8.44. The van der Waals surface area contributed by atoms with Gasteiger partial charge in [-0.25, -0.2) is 0 Å². The summed E-state index contributed by atoms with van der Waals surface area (Å²) in [6.45, 7) is 6.86. The predicted molar refractivity (Wildman–Crippen MR) is 115 cm³/mol. The minimum absolute atomic E-state index is 0.240. The molecule has 3 heteroatoms. The number of phenols is 1. The van der Waals surface area contributed by atoms with Gasteiger partial charge in [0.25, 0.3) is 0 Å². The fourth-order valence-corrected chi connectivity index (χ4v) is 4.74. The summed E-state index contributed by atoms with van der Waals surface area (Å²) in [6.07, 6.45) is 2.05. The molecule has 1 N–H and O–H groups in total. The van der Waals surface area contributed by atoms with Crippen LogP contribution in [0.4, 0.5) is 0 Å². The second kappa shape index (κ2) is 7.23. The molecule has 0 amide bonds. The lowest BCUT2D eigenvalue weighted by Gasteiger charge is -2.42. The summed E-state index contributed by atoms with van der Waals surface area (Å²) in [7, 11) is 0. The second-order valence-electron chi connectivity index (χ2n) is 8.44. The van der Waals surface area contributed by atoms with Crippen molar-refractivity contribution in [3.05, 3.63) is 93.5 Å². The molecule has 29 heavy (non-hydrogen) atoms. The summed E-state index contributed by atoms with van der Waals surface area (Å²) >= 11 is 0. The zero-order chi connectivity index (χ0) is 20.0. The van der Waals surface area contributed by atoms with Gasteiger partial charge in [0.1, 0.15) is 6.61 Å². The van der Waals surface area contributed by atoms with Crippen molar-refractivity contribution in [2.24, 2.45) is 0 Å².